The van der Waals surface area contributed by atoms with Crippen LogP contribution in [-0.2, 0) is 6.54 Å². The Morgan fingerprint density at radius 1 is 1.11 bits per heavy atom. The van der Waals surface area contributed by atoms with E-state index in [9.17, 15) is 4.79 Å². The molecule has 0 N–H and O–H groups in total. The first-order valence-corrected chi connectivity index (χ1v) is 7.39. The predicted octanol–water partition coefficient (Wildman–Crippen LogP) is 4.66. The average Bonchev–Trinajstić information content (AvgIpc) is 2.41. The van der Waals surface area contributed by atoms with E-state index in [1.807, 2.05) is 37.4 Å². The summed E-state index contributed by atoms with van der Waals surface area (Å²) in [5.41, 5.74) is 2.97. The molecule has 0 atom stereocenters. The van der Waals surface area contributed by atoms with Crippen LogP contribution in [0.3, 0.4) is 0 Å². The highest BCUT2D eigenvalue weighted by Crippen LogP contribution is 2.23. The van der Waals surface area contributed by atoms with Crippen LogP contribution in [0.4, 0.5) is 5.69 Å². The van der Waals surface area contributed by atoms with Crippen molar-refractivity contribution in [1.82, 2.24) is 0 Å². The first-order valence-electron chi connectivity index (χ1n) is 5.80. The van der Waals surface area contributed by atoms with Gasteiger partial charge in [-0.15, -0.1) is 0 Å². The van der Waals surface area contributed by atoms with Gasteiger partial charge in [0, 0.05) is 33.8 Å². The minimum atomic E-state index is 0.667. The average molecular weight is 383 g/mol. The maximum atomic E-state index is 10.8. The third kappa shape index (κ3) is 3.67. The fourth-order valence-electron chi connectivity index (χ4n) is 1.80. The number of anilines is 1. The third-order valence-electron chi connectivity index (χ3n) is 2.88. The monoisotopic (exact) mass is 381 g/mol. The highest BCUT2D eigenvalue weighted by atomic mass is 79.9. The fourth-order valence-corrected chi connectivity index (χ4v) is 2.53. The summed E-state index contributed by atoms with van der Waals surface area (Å²) in [4.78, 5) is 12.9. The molecule has 0 radical (unpaired) electrons. The lowest BCUT2D eigenvalue weighted by molar-refractivity contribution is 0.112. The fraction of sp³-hybridized carbons (Fsp3) is 0.133. The minimum absolute atomic E-state index is 0.667. The van der Waals surface area contributed by atoms with Gasteiger partial charge in [-0.2, -0.15) is 0 Å². The van der Waals surface area contributed by atoms with E-state index in [1.165, 1.54) is 5.56 Å². The van der Waals surface area contributed by atoms with Gasteiger partial charge in [0.2, 0.25) is 0 Å². The van der Waals surface area contributed by atoms with E-state index in [0.29, 0.717) is 5.56 Å². The van der Waals surface area contributed by atoms with E-state index in [-0.39, 0.29) is 0 Å². The Morgan fingerprint density at radius 2 is 1.79 bits per heavy atom. The molecule has 4 heteroatoms. The number of hydrogen-bond donors (Lipinski definition) is 0. The summed E-state index contributed by atoms with van der Waals surface area (Å²) in [6.45, 7) is 0.820. The standard InChI is InChI=1S/C15H13Br2NO/c1-18(9-11-2-5-13(16)6-3-11)14-7-4-12(10-19)15(17)8-14/h2-8,10H,9H2,1H3. The molecule has 98 valence electrons. The Hall–Kier alpha value is -1.13. The van der Waals surface area contributed by atoms with E-state index < -0.39 is 0 Å². The Labute approximate surface area is 129 Å². The van der Waals surface area contributed by atoms with Crippen LogP contribution in [-0.4, -0.2) is 13.3 Å². The van der Waals surface area contributed by atoms with E-state index in [1.54, 1.807) is 0 Å². The van der Waals surface area contributed by atoms with E-state index in [4.69, 9.17) is 0 Å². The SMILES string of the molecule is CN(Cc1ccc(Br)cc1)c1ccc(C=O)c(Br)c1. The van der Waals surface area contributed by atoms with Crippen molar-refractivity contribution >= 4 is 43.8 Å². The van der Waals surface area contributed by atoms with Gasteiger partial charge in [-0.1, -0.05) is 28.1 Å². The number of hydrogen-bond acceptors (Lipinski definition) is 2. The van der Waals surface area contributed by atoms with Crippen LogP contribution in [0.5, 0.6) is 0 Å². The molecule has 0 unspecified atom stereocenters. The van der Waals surface area contributed by atoms with Gasteiger partial charge in [0.25, 0.3) is 0 Å². The molecule has 0 aliphatic carbocycles. The maximum absolute atomic E-state index is 10.8. The Bertz CT molecular complexity index is 581. The van der Waals surface area contributed by atoms with Gasteiger partial charge in [-0.3, -0.25) is 4.79 Å². The molecule has 0 heterocycles. The van der Waals surface area contributed by atoms with Crippen LogP contribution >= 0.6 is 31.9 Å². The molecule has 2 nitrogen and oxygen atoms in total. The van der Waals surface area contributed by atoms with Gasteiger partial charge in [0.1, 0.15) is 0 Å². The van der Waals surface area contributed by atoms with Crippen molar-refractivity contribution in [2.75, 3.05) is 11.9 Å². The zero-order valence-corrected chi connectivity index (χ0v) is 13.6. The molecule has 0 fully saturated rings. The number of nitrogens with zero attached hydrogens (tertiary/aromatic N) is 1. The zero-order valence-electron chi connectivity index (χ0n) is 10.4. The Kier molecular flexibility index (Phi) is 4.77. The normalized spacial score (nSPS) is 10.3. The van der Waals surface area contributed by atoms with Crippen molar-refractivity contribution in [1.29, 1.82) is 0 Å². The zero-order chi connectivity index (χ0) is 13.8. The number of benzene rings is 2. The smallest absolute Gasteiger partial charge is 0.151 e. The summed E-state index contributed by atoms with van der Waals surface area (Å²) < 4.78 is 1.90. The molecule has 0 aliphatic rings. The van der Waals surface area contributed by atoms with Crippen LogP contribution in [0, 0.1) is 0 Å². The van der Waals surface area contributed by atoms with Crippen LogP contribution < -0.4 is 4.90 Å². The Morgan fingerprint density at radius 3 is 2.37 bits per heavy atom. The number of carbonyl (C=O) groups is 1. The summed E-state index contributed by atoms with van der Waals surface area (Å²) >= 11 is 6.84. The molecule has 0 saturated carbocycles. The molecule has 0 amide bonds. The van der Waals surface area contributed by atoms with Gasteiger partial charge >= 0.3 is 0 Å². The van der Waals surface area contributed by atoms with E-state index in [0.717, 1.165) is 27.5 Å². The molecule has 2 aromatic rings. The van der Waals surface area contributed by atoms with Crippen LogP contribution in [0.1, 0.15) is 15.9 Å². The number of rotatable bonds is 4. The lowest BCUT2D eigenvalue weighted by atomic mass is 10.2. The number of carbonyl (C=O) groups excluding carboxylic acids is 1. The van der Waals surface area contributed by atoms with Gasteiger partial charge in [0.15, 0.2) is 6.29 Å². The first-order chi connectivity index (χ1) is 9.10. The molecular weight excluding hydrogens is 370 g/mol. The van der Waals surface area contributed by atoms with Gasteiger partial charge in [-0.25, -0.2) is 0 Å². The highest BCUT2D eigenvalue weighted by molar-refractivity contribution is 9.10. The molecule has 2 aromatic carbocycles. The first kappa shape index (κ1) is 14.3. The topological polar surface area (TPSA) is 20.3 Å². The van der Waals surface area contributed by atoms with Crippen molar-refractivity contribution < 1.29 is 4.79 Å². The summed E-state index contributed by atoms with van der Waals surface area (Å²) in [5.74, 6) is 0. The van der Waals surface area contributed by atoms with Crippen molar-refractivity contribution in [2.24, 2.45) is 0 Å². The molecule has 0 aromatic heterocycles. The largest absolute Gasteiger partial charge is 0.370 e. The third-order valence-corrected chi connectivity index (χ3v) is 4.10. The second-order valence-electron chi connectivity index (χ2n) is 4.31. The summed E-state index contributed by atoms with van der Waals surface area (Å²) in [6.07, 6.45) is 0.850. The minimum Gasteiger partial charge on any atom is -0.370 e. The quantitative estimate of drug-likeness (QED) is 0.716. The van der Waals surface area contributed by atoms with Gasteiger partial charge < -0.3 is 4.90 Å². The van der Waals surface area contributed by atoms with Crippen molar-refractivity contribution in [3.05, 3.63) is 62.5 Å². The Balaban J connectivity index is 2.15. The second-order valence-corrected chi connectivity index (χ2v) is 6.08. The van der Waals surface area contributed by atoms with E-state index in [2.05, 4.69) is 48.9 Å². The molecule has 0 aliphatic heterocycles. The van der Waals surface area contributed by atoms with Crippen molar-refractivity contribution in [3.63, 3.8) is 0 Å². The number of aldehydes is 1. The lowest BCUT2D eigenvalue weighted by Gasteiger charge is -2.20. The lowest BCUT2D eigenvalue weighted by Crippen LogP contribution is -2.16. The second kappa shape index (κ2) is 6.35. The summed E-state index contributed by atoms with van der Waals surface area (Å²) in [6, 6.07) is 14.0. The molecule has 19 heavy (non-hydrogen) atoms. The van der Waals surface area contributed by atoms with Gasteiger partial charge in [-0.05, 0) is 51.8 Å². The molecule has 0 spiro atoms. The summed E-state index contributed by atoms with van der Waals surface area (Å²) in [5, 5.41) is 0. The predicted molar refractivity (Wildman–Crippen MR) is 85.8 cm³/mol. The molecule has 0 bridgehead atoms. The molecule has 2 rings (SSSR count). The highest BCUT2D eigenvalue weighted by Gasteiger charge is 2.05. The number of halogens is 2. The van der Waals surface area contributed by atoms with Crippen molar-refractivity contribution in [2.45, 2.75) is 6.54 Å². The van der Waals surface area contributed by atoms with Crippen LogP contribution in [0.25, 0.3) is 0 Å². The summed E-state index contributed by atoms with van der Waals surface area (Å²) in [7, 11) is 2.03. The molecule has 0 saturated heterocycles. The van der Waals surface area contributed by atoms with Crippen molar-refractivity contribution in [3.8, 4) is 0 Å². The van der Waals surface area contributed by atoms with E-state index >= 15 is 0 Å². The van der Waals surface area contributed by atoms with Crippen LogP contribution in [0.15, 0.2) is 51.4 Å². The maximum Gasteiger partial charge on any atom is 0.151 e. The molecular formula is C15H13Br2NO. The van der Waals surface area contributed by atoms with Gasteiger partial charge in [0.05, 0.1) is 0 Å². The van der Waals surface area contributed by atoms with Crippen LogP contribution in [0.2, 0.25) is 0 Å².